The minimum absolute atomic E-state index is 0.0992. The highest BCUT2D eigenvalue weighted by Crippen LogP contribution is 2.25. The van der Waals surface area contributed by atoms with Crippen LogP contribution in [0.25, 0.3) is 0 Å². The van der Waals surface area contributed by atoms with Crippen molar-refractivity contribution in [3.8, 4) is 11.5 Å². The van der Waals surface area contributed by atoms with E-state index >= 15 is 0 Å². The van der Waals surface area contributed by atoms with Gasteiger partial charge in [0.25, 0.3) is 0 Å². The molecule has 0 aliphatic carbocycles. The lowest BCUT2D eigenvalue weighted by molar-refractivity contribution is -0.131. The average molecular weight is 367 g/mol. The number of nitrogens with zero attached hydrogens (tertiary/aromatic N) is 1. The van der Waals surface area contributed by atoms with Crippen molar-refractivity contribution in [2.45, 2.75) is 38.5 Å². The van der Waals surface area contributed by atoms with Crippen molar-refractivity contribution < 1.29 is 15.0 Å². The molecule has 1 rings (SSSR count). The SMILES string of the molecule is NCCCNCCCCN(CCCN)C(=O)CCc1ccc(O)c(O)c1. The molecule has 0 aliphatic heterocycles. The summed E-state index contributed by atoms with van der Waals surface area (Å²) in [6.45, 7) is 4.55. The van der Waals surface area contributed by atoms with Crippen molar-refractivity contribution in [3.63, 3.8) is 0 Å². The molecule has 0 saturated heterocycles. The Morgan fingerprint density at radius 2 is 1.65 bits per heavy atom. The van der Waals surface area contributed by atoms with Gasteiger partial charge in [0.1, 0.15) is 0 Å². The molecule has 148 valence electrons. The minimum Gasteiger partial charge on any atom is -0.504 e. The van der Waals surface area contributed by atoms with E-state index in [1.807, 2.05) is 4.90 Å². The summed E-state index contributed by atoms with van der Waals surface area (Å²) in [5, 5.41) is 22.2. The topological polar surface area (TPSA) is 125 Å². The molecule has 1 amide bonds. The summed E-state index contributed by atoms with van der Waals surface area (Å²) >= 11 is 0. The third kappa shape index (κ3) is 9.03. The molecule has 1 aromatic rings. The van der Waals surface area contributed by atoms with E-state index in [0.29, 0.717) is 32.5 Å². The van der Waals surface area contributed by atoms with Crippen LogP contribution in [0.2, 0.25) is 0 Å². The van der Waals surface area contributed by atoms with Gasteiger partial charge in [-0.15, -0.1) is 0 Å². The van der Waals surface area contributed by atoms with Crippen molar-refractivity contribution in [1.82, 2.24) is 10.2 Å². The summed E-state index contributed by atoms with van der Waals surface area (Å²) in [5.74, 6) is -0.205. The average Bonchev–Trinajstić information content (AvgIpc) is 2.64. The second-order valence-corrected chi connectivity index (χ2v) is 6.45. The summed E-state index contributed by atoms with van der Waals surface area (Å²) in [5.41, 5.74) is 11.9. The number of aryl methyl sites for hydroxylation is 1. The molecule has 0 saturated carbocycles. The Balaban J connectivity index is 2.37. The number of rotatable bonds is 14. The fourth-order valence-electron chi connectivity index (χ4n) is 2.68. The maximum atomic E-state index is 12.5. The lowest BCUT2D eigenvalue weighted by Gasteiger charge is -2.23. The number of carbonyl (C=O) groups is 1. The number of benzene rings is 1. The second-order valence-electron chi connectivity index (χ2n) is 6.45. The Labute approximate surface area is 156 Å². The number of amides is 1. The van der Waals surface area contributed by atoms with Gasteiger partial charge in [0, 0.05) is 19.5 Å². The van der Waals surface area contributed by atoms with Crippen molar-refractivity contribution in [3.05, 3.63) is 23.8 Å². The van der Waals surface area contributed by atoms with Crippen LogP contribution < -0.4 is 16.8 Å². The number of hydrogen-bond donors (Lipinski definition) is 5. The highest BCUT2D eigenvalue weighted by Gasteiger charge is 2.13. The maximum absolute atomic E-state index is 12.5. The van der Waals surface area contributed by atoms with Crippen molar-refractivity contribution in [1.29, 1.82) is 0 Å². The lowest BCUT2D eigenvalue weighted by atomic mass is 10.1. The molecule has 0 aliphatic rings. The van der Waals surface area contributed by atoms with Gasteiger partial charge in [0.2, 0.25) is 5.91 Å². The molecular formula is C19H34N4O3. The van der Waals surface area contributed by atoms with Crippen molar-refractivity contribution in [2.75, 3.05) is 39.3 Å². The van der Waals surface area contributed by atoms with E-state index in [9.17, 15) is 15.0 Å². The first-order chi connectivity index (χ1) is 12.6. The Kier molecular flexibility index (Phi) is 11.4. The number of carbonyl (C=O) groups excluding carboxylic acids is 1. The molecule has 0 radical (unpaired) electrons. The number of phenols is 2. The number of aromatic hydroxyl groups is 2. The van der Waals surface area contributed by atoms with Crippen LogP contribution >= 0.6 is 0 Å². The standard InChI is InChI=1S/C19H34N4O3/c20-9-3-12-22-11-1-2-13-23(14-4-10-21)19(26)8-6-16-5-7-17(24)18(25)15-16/h5,7,15,22,24-25H,1-4,6,8-14,20-21H2. The second kappa shape index (κ2) is 13.4. The zero-order valence-corrected chi connectivity index (χ0v) is 15.6. The quantitative estimate of drug-likeness (QED) is 0.246. The fourth-order valence-corrected chi connectivity index (χ4v) is 2.68. The third-order valence-corrected chi connectivity index (χ3v) is 4.24. The smallest absolute Gasteiger partial charge is 0.222 e. The van der Waals surface area contributed by atoms with Crippen LogP contribution in [0.3, 0.4) is 0 Å². The van der Waals surface area contributed by atoms with Crippen molar-refractivity contribution in [2.24, 2.45) is 11.5 Å². The molecule has 26 heavy (non-hydrogen) atoms. The lowest BCUT2D eigenvalue weighted by Crippen LogP contribution is -2.34. The van der Waals surface area contributed by atoms with Gasteiger partial charge >= 0.3 is 0 Å². The summed E-state index contributed by atoms with van der Waals surface area (Å²) in [6, 6.07) is 4.67. The number of phenolic OH excluding ortho intramolecular Hbond substituents is 2. The van der Waals surface area contributed by atoms with Gasteiger partial charge in [-0.05, 0) is 76.0 Å². The predicted octanol–water partition coefficient (Wildman–Crippen LogP) is 0.926. The monoisotopic (exact) mass is 366 g/mol. The first-order valence-corrected chi connectivity index (χ1v) is 9.48. The molecule has 0 spiro atoms. The molecule has 0 bridgehead atoms. The van der Waals surface area contributed by atoms with E-state index in [4.69, 9.17) is 11.5 Å². The normalized spacial score (nSPS) is 10.8. The first-order valence-electron chi connectivity index (χ1n) is 9.48. The van der Waals surface area contributed by atoms with Gasteiger partial charge < -0.3 is 31.9 Å². The van der Waals surface area contributed by atoms with Crippen LogP contribution in [0.15, 0.2) is 18.2 Å². The molecule has 7 nitrogen and oxygen atoms in total. The highest BCUT2D eigenvalue weighted by molar-refractivity contribution is 5.76. The largest absolute Gasteiger partial charge is 0.504 e. The Bertz CT molecular complexity index is 526. The van der Waals surface area contributed by atoms with Gasteiger partial charge in [0.05, 0.1) is 0 Å². The molecule has 0 unspecified atom stereocenters. The van der Waals surface area contributed by atoms with E-state index in [2.05, 4.69) is 5.32 Å². The van der Waals surface area contributed by atoms with Crippen molar-refractivity contribution >= 4 is 5.91 Å². The highest BCUT2D eigenvalue weighted by atomic mass is 16.3. The summed E-state index contributed by atoms with van der Waals surface area (Å²) in [6.07, 6.45) is 4.65. The zero-order chi connectivity index (χ0) is 19.2. The molecular weight excluding hydrogens is 332 g/mol. The van der Waals surface area contributed by atoms with E-state index in [1.54, 1.807) is 6.07 Å². The Hall–Kier alpha value is -1.83. The third-order valence-electron chi connectivity index (χ3n) is 4.24. The maximum Gasteiger partial charge on any atom is 0.222 e. The Morgan fingerprint density at radius 1 is 0.962 bits per heavy atom. The Morgan fingerprint density at radius 3 is 2.35 bits per heavy atom. The van der Waals surface area contributed by atoms with E-state index in [0.717, 1.165) is 50.9 Å². The van der Waals surface area contributed by atoms with Gasteiger partial charge in [-0.1, -0.05) is 6.07 Å². The molecule has 1 aromatic carbocycles. The van der Waals surface area contributed by atoms with Crippen LogP contribution in [0.5, 0.6) is 11.5 Å². The number of unbranched alkanes of at least 4 members (excludes halogenated alkanes) is 1. The molecule has 7 heteroatoms. The van der Waals surface area contributed by atoms with Gasteiger partial charge in [-0.2, -0.15) is 0 Å². The van der Waals surface area contributed by atoms with Gasteiger partial charge in [0.15, 0.2) is 11.5 Å². The fraction of sp³-hybridized carbons (Fsp3) is 0.632. The van der Waals surface area contributed by atoms with Crippen LogP contribution in [0.4, 0.5) is 0 Å². The molecule has 7 N–H and O–H groups in total. The van der Waals surface area contributed by atoms with Crippen LogP contribution in [-0.2, 0) is 11.2 Å². The molecule has 0 fully saturated rings. The van der Waals surface area contributed by atoms with Gasteiger partial charge in [-0.3, -0.25) is 4.79 Å². The predicted molar refractivity (Wildman–Crippen MR) is 104 cm³/mol. The van der Waals surface area contributed by atoms with E-state index in [1.165, 1.54) is 12.1 Å². The summed E-state index contributed by atoms with van der Waals surface area (Å²) in [7, 11) is 0. The van der Waals surface area contributed by atoms with E-state index in [-0.39, 0.29) is 17.4 Å². The molecule has 0 heterocycles. The first kappa shape index (κ1) is 22.2. The number of nitrogens with one attached hydrogen (secondary N) is 1. The number of nitrogens with two attached hydrogens (primary N) is 2. The van der Waals surface area contributed by atoms with Crippen LogP contribution in [0, 0.1) is 0 Å². The summed E-state index contributed by atoms with van der Waals surface area (Å²) in [4.78, 5) is 14.4. The minimum atomic E-state index is -0.155. The zero-order valence-electron chi connectivity index (χ0n) is 15.6. The molecule has 0 atom stereocenters. The molecule has 0 aromatic heterocycles. The number of hydrogen-bond acceptors (Lipinski definition) is 6. The van der Waals surface area contributed by atoms with Crippen LogP contribution in [0.1, 0.15) is 37.7 Å². The van der Waals surface area contributed by atoms with E-state index < -0.39 is 0 Å². The van der Waals surface area contributed by atoms with Crippen LogP contribution in [-0.4, -0.2) is 60.3 Å². The van der Waals surface area contributed by atoms with Gasteiger partial charge in [-0.25, -0.2) is 0 Å². The summed E-state index contributed by atoms with van der Waals surface area (Å²) < 4.78 is 0.